The van der Waals surface area contributed by atoms with Crippen LogP contribution in [-0.4, -0.2) is 7.11 Å². The molecule has 0 saturated heterocycles. The van der Waals surface area contributed by atoms with Crippen LogP contribution in [0.5, 0.6) is 0 Å². The van der Waals surface area contributed by atoms with E-state index in [-0.39, 0.29) is 0 Å². The summed E-state index contributed by atoms with van der Waals surface area (Å²) in [5.74, 6) is 0.950. The minimum absolute atomic E-state index is 0.945. The molecule has 0 atom stereocenters. The number of benzene rings is 1. The highest BCUT2D eigenvalue weighted by molar-refractivity contribution is 14.1. The lowest BCUT2D eigenvalue weighted by molar-refractivity contribution is 0.305. The SMILES string of the molecule is COC1=CC[CH]C(c2cccc(I)c2)=C1. The van der Waals surface area contributed by atoms with E-state index in [2.05, 4.69) is 65.4 Å². The highest BCUT2D eigenvalue weighted by Gasteiger charge is 2.08. The van der Waals surface area contributed by atoms with Gasteiger partial charge >= 0.3 is 0 Å². The van der Waals surface area contributed by atoms with Crippen molar-refractivity contribution < 1.29 is 4.74 Å². The summed E-state index contributed by atoms with van der Waals surface area (Å²) >= 11 is 2.33. The number of methoxy groups -OCH3 is 1. The van der Waals surface area contributed by atoms with E-state index in [1.54, 1.807) is 7.11 Å². The lowest BCUT2D eigenvalue weighted by Gasteiger charge is -2.13. The molecule has 0 bridgehead atoms. The van der Waals surface area contributed by atoms with Gasteiger partial charge in [-0.3, -0.25) is 0 Å². The van der Waals surface area contributed by atoms with Gasteiger partial charge in [0.05, 0.1) is 7.11 Å². The molecule has 15 heavy (non-hydrogen) atoms. The number of halogens is 1. The molecule has 0 spiro atoms. The predicted molar refractivity (Wildman–Crippen MR) is 71.1 cm³/mol. The molecular weight excluding hydrogens is 299 g/mol. The van der Waals surface area contributed by atoms with E-state index >= 15 is 0 Å². The Kier molecular flexibility index (Phi) is 3.46. The van der Waals surface area contributed by atoms with Gasteiger partial charge in [-0.05, 0) is 70.9 Å². The third-order valence-corrected chi connectivity index (χ3v) is 3.02. The lowest BCUT2D eigenvalue weighted by atomic mass is 9.97. The average molecular weight is 311 g/mol. The van der Waals surface area contributed by atoms with Crippen molar-refractivity contribution in [1.82, 2.24) is 0 Å². The summed E-state index contributed by atoms with van der Waals surface area (Å²) in [5, 5.41) is 0. The fraction of sp³-hybridized carbons (Fsp3) is 0.154. The third kappa shape index (κ3) is 2.62. The molecule has 0 aliphatic heterocycles. The minimum Gasteiger partial charge on any atom is -0.497 e. The Morgan fingerprint density at radius 1 is 1.33 bits per heavy atom. The summed E-state index contributed by atoms with van der Waals surface area (Å²) in [6.07, 6.45) is 7.32. The summed E-state index contributed by atoms with van der Waals surface area (Å²) in [7, 11) is 1.71. The molecule has 2 heteroatoms. The van der Waals surface area contributed by atoms with Gasteiger partial charge < -0.3 is 4.74 Å². The Balaban J connectivity index is 2.31. The highest BCUT2D eigenvalue weighted by Crippen LogP contribution is 2.26. The maximum atomic E-state index is 5.24. The predicted octanol–water partition coefficient (Wildman–Crippen LogP) is 3.81. The van der Waals surface area contributed by atoms with Gasteiger partial charge in [-0.15, -0.1) is 0 Å². The lowest BCUT2D eigenvalue weighted by Crippen LogP contribution is -1.95. The zero-order valence-electron chi connectivity index (χ0n) is 8.53. The van der Waals surface area contributed by atoms with Crippen LogP contribution < -0.4 is 0 Å². The van der Waals surface area contributed by atoms with Crippen molar-refractivity contribution >= 4 is 28.2 Å². The summed E-state index contributed by atoms with van der Waals surface area (Å²) < 4.78 is 6.49. The van der Waals surface area contributed by atoms with Crippen molar-refractivity contribution in [2.45, 2.75) is 6.42 Å². The first-order chi connectivity index (χ1) is 7.29. The quantitative estimate of drug-likeness (QED) is 0.755. The first kappa shape index (κ1) is 10.7. The van der Waals surface area contributed by atoms with E-state index in [0.717, 1.165) is 12.2 Å². The maximum Gasteiger partial charge on any atom is 0.115 e. The number of hydrogen-bond acceptors (Lipinski definition) is 1. The van der Waals surface area contributed by atoms with Crippen molar-refractivity contribution in [2.75, 3.05) is 7.11 Å². The van der Waals surface area contributed by atoms with Gasteiger partial charge in [0.1, 0.15) is 5.76 Å². The summed E-state index contributed by atoms with van der Waals surface area (Å²) in [5.41, 5.74) is 2.50. The van der Waals surface area contributed by atoms with Gasteiger partial charge in [-0.2, -0.15) is 0 Å². The van der Waals surface area contributed by atoms with Crippen LogP contribution in [0.4, 0.5) is 0 Å². The third-order valence-electron chi connectivity index (χ3n) is 2.35. The molecule has 0 heterocycles. The maximum absolute atomic E-state index is 5.24. The number of hydrogen-bond donors (Lipinski definition) is 0. The van der Waals surface area contributed by atoms with E-state index in [1.165, 1.54) is 14.7 Å². The Bertz CT molecular complexity index is 418. The molecule has 0 saturated carbocycles. The molecule has 1 radical (unpaired) electrons. The molecule has 1 aliphatic carbocycles. The second-order valence-corrected chi connectivity index (χ2v) is 4.61. The number of ether oxygens (including phenoxy) is 1. The van der Waals surface area contributed by atoms with Crippen molar-refractivity contribution in [3.05, 3.63) is 57.7 Å². The fourth-order valence-electron chi connectivity index (χ4n) is 1.58. The van der Waals surface area contributed by atoms with Gasteiger partial charge in [-0.1, -0.05) is 12.1 Å². The van der Waals surface area contributed by atoms with Crippen molar-refractivity contribution in [2.24, 2.45) is 0 Å². The van der Waals surface area contributed by atoms with Crippen LogP contribution >= 0.6 is 22.6 Å². The van der Waals surface area contributed by atoms with Gasteiger partial charge in [0, 0.05) is 3.57 Å². The van der Waals surface area contributed by atoms with E-state index < -0.39 is 0 Å². The first-order valence-electron chi connectivity index (χ1n) is 4.84. The molecule has 0 amide bonds. The molecule has 2 rings (SSSR count). The standard InChI is InChI=1S/C13H12IO/c1-15-13-7-3-5-11(9-13)10-4-2-6-12(14)8-10/h2,4-9H,3H2,1H3. The van der Waals surface area contributed by atoms with Crippen LogP contribution in [-0.2, 0) is 4.74 Å². The molecule has 77 valence electrons. The van der Waals surface area contributed by atoms with E-state index in [0.29, 0.717) is 0 Å². The fourth-order valence-corrected chi connectivity index (χ4v) is 2.13. The Morgan fingerprint density at radius 2 is 2.20 bits per heavy atom. The van der Waals surface area contributed by atoms with Crippen molar-refractivity contribution in [3.8, 4) is 0 Å². The summed E-state index contributed by atoms with van der Waals surface area (Å²) in [6.45, 7) is 0. The molecule has 1 aromatic carbocycles. The Morgan fingerprint density at radius 3 is 2.93 bits per heavy atom. The average Bonchev–Trinajstić information content (AvgIpc) is 2.29. The second kappa shape index (κ2) is 4.84. The zero-order valence-corrected chi connectivity index (χ0v) is 10.7. The number of rotatable bonds is 2. The Labute approximate surface area is 104 Å². The van der Waals surface area contributed by atoms with E-state index in [9.17, 15) is 0 Å². The van der Waals surface area contributed by atoms with Gasteiger partial charge in [0.15, 0.2) is 0 Å². The monoisotopic (exact) mass is 311 g/mol. The van der Waals surface area contributed by atoms with E-state index in [4.69, 9.17) is 4.74 Å². The van der Waals surface area contributed by atoms with Crippen LogP contribution in [0.15, 0.2) is 42.2 Å². The normalized spacial score (nSPS) is 15.6. The van der Waals surface area contributed by atoms with Crippen LogP contribution in [0.2, 0.25) is 0 Å². The molecule has 1 aliphatic rings. The molecule has 0 N–H and O–H groups in total. The summed E-state index contributed by atoms with van der Waals surface area (Å²) in [6, 6.07) is 8.49. The topological polar surface area (TPSA) is 9.23 Å². The van der Waals surface area contributed by atoms with Crippen LogP contribution in [0.25, 0.3) is 5.57 Å². The largest absolute Gasteiger partial charge is 0.497 e. The molecule has 1 nitrogen and oxygen atoms in total. The smallest absolute Gasteiger partial charge is 0.115 e. The van der Waals surface area contributed by atoms with Gasteiger partial charge in [-0.25, -0.2) is 0 Å². The number of allylic oxidation sites excluding steroid dienone is 3. The van der Waals surface area contributed by atoms with Crippen molar-refractivity contribution in [3.63, 3.8) is 0 Å². The van der Waals surface area contributed by atoms with Crippen LogP contribution in [0.3, 0.4) is 0 Å². The molecule has 0 unspecified atom stereocenters. The molecule has 0 aromatic heterocycles. The van der Waals surface area contributed by atoms with Gasteiger partial charge in [0.2, 0.25) is 0 Å². The van der Waals surface area contributed by atoms with Crippen LogP contribution in [0, 0.1) is 9.99 Å². The van der Waals surface area contributed by atoms with Gasteiger partial charge in [0.25, 0.3) is 0 Å². The molecular formula is C13H12IO. The molecule has 1 aromatic rings. The zero-order chi connectivity index (χ0) is 10.7. The van der Waals surface area contributed by atoms with Crippen LogP contribution in [0.1, 0.15) is 12.0 Å². The minimum atomic E-state index is 0.945. The summed E-state index contributed by atoms with van der Waals surface area (Å²) in [4.78, 5) is 0. The Hall–Kier alpha value is -0.770. The van der Waals surface area contributed by atoms with Crippen molar-refractivity contribution in [1.29, 1.82) is 0 Å². The first-order valence-corrected chi connectivity index (χ1v) is 5.92. The second-order valence-electron chi connectivity index (χ2n) is 3.36. The highest BCUT2D eigenvalue weighted by atomic mass is 127. The molecule has 0 fully saturated rings. The van der Waals surface area contributed by atoms with E-state index in [1.807, 2.05) is 0 Å².